The number of benzene rings is 3. The number of aryl methyl sites for hydroxylation is 1. The van der Waals surface area contributed by atoms with Crippen molar-refractivity contribution in [3.05, 3.63) is 138 Å². The monoisotopic (exact) mass is 610 g/mol. The fraction of sp³-hybridized carbons (Fsp3) is 0.184. The number of nitrogens with zero attached hydrogens (tertiary/aromatic N) is 4. The number of esters is 1. The van der Waals surface area contributed by atoms with Crippen molar-refractivity contribution in [3.8, 4) is 29.4 Å². The Morgan fingerprint density at radius 1 is 0.844 bits per heavy atom. The third-order valence-corrected chi connectivity index (χ3v) is 7.78. The lowest BCUT2D eigenvalue weighted by Gasteiger charge is -2.11. The largest absolute Gasteiger partial charge is 0.426 e. The highest BCUT2D eigenvalue weighted by molar-refractivity contribution is 7.99. The molecule has 6 nitrogen and oxygen atoms in total. The molecule has 45 heavy (non-hydrogen) atoms. The van der Waals surface area contributed by atoms with Crippen LogP contribution < -0.4 is 4.74 Å². The molecule has 0 saturated heterocycles. The van der Waals surface area contributed by atoms with Gasteiger partial charge >= 0.3 is 5.97 Å². The first-order valence-corrected chi connectivity index (χ1v) is 15.8. The molecular formula is C38H34N4O2S. The maximum atomic E-state index is 12.0. The third-order valence-electron chi connectivity index (χ3n) is 6.86. The van der Waals surface area contributed by atoms with Crippen LogP contribution in [0.2, 0.25) is 0 Å². The molecule has 0 N–H and O–H groups in total. The van der Waals surface area contributed by atoms with Crippen LogP contribution in [0.1, 0.15) is 47.6 Å². The predicted octanol–water partition coefficient (Wildman–Crippen LogP) is 7.42. The molecule has 0 aliphatic rings. The molecule has 2 heterocycles. The van der Waals surface area contributed by atoms with Crippen molar-refractivity contribution in [1.82, 2.24) is 19.1 Å². The molecule has 0 aliphatic heterocycles. The normalized spacial score (nSPS) is 10.3. The number of thioether (sulfide) groups is 1. The Balaban J connectivity index is 1.32. The van der Waals surface area contributed by atoms with Crippen molar-refractivity contribution in [2.24, 2.45) is 0 Å². The lowest BCUT2D eigenvalue weighted by atomic mass is 9.96. The summed E-state index contributed by atoms with van der Waals surface area (Å²) in [7, 11) is 0. The number of hydrogen-bond acceptors (Lipinski definition) is 5. The molecule has 0 unspecified atom stereocenters. The summed E-state index contributed by atoms with van der Waals surface area (Å²) in [5.41, 5.74) is 6.24. The van der Waals surface area contributed by atoms with E-state index < -0.39 is 0 Å². The number of rotatable bonds is 10. The standard InChI is InChI=1S/C38H34N4O2S/c1-3-6-38(43)44-37-18-17-35(27-30(37)2)45-26-19-36(33-13-9-31(10-14-33)7-4-22-41-24-20-39-28-41)34-15-11-32(12-16-34)8-5-23-42-25-21-40-29-42/h9-21,24-25,27-29H,3,6,22-23,26H2,1-2H3. The van der Waals surface area contributed by atoms with E-state index in [9.17, 15) is 4.79 Å². The number of carbonyl (C=O) groups is 1. The highest BCUT2D eigenvalue weighted by atomic mass is 32.2. The second kappa shape index (κ2) is 16.0. The average Bonchev–Trinajstić information content (AvgIpc) is 3.77. The van der Waals surface area contributed by atoms with E-state index in [2.05, 4.69) is 94.3 Å². The topological polar surface area (TPSA) is 61.9 Å². The van der Waals surface area contributed by atoms with Crippen molar-refractivity contribution in [1.29, 1.82) is 0 Å². The minimum atomic E-state index is -0.195. The summed E-state index contributed by atoms with van der Waals surface area (Å²) in [6.07, 6.45) is 14.3. The maximum Gasteiger partial charge on any atom is 0.311 e. The zero-order valence-electron chi connectivity index (χ0n) is 25.4. The van der Waals surface area contributed by atoms with Crippen molar-refractivity contribution in [2.45, 2.75) is 44.7 Å². The second-order valence-corrected chi connectivity index (χ2v) is 11.4. The van der Waals surface area contributed by atoms with Gasteiger partial charge in [0.05, 0.1) is 25.7 Å². The summed E-state index contributed by atoms with van der Waals surface area (Å²) in [6.45, 7) is 5.14. The van der Waals surface area contributed by atoms with Gasteiger partial charge in [-0.15, -0.1) is 11.8 Å². The van der Waals surface area contributed by atoms with Crippen LogP contribution in [0.25, 0.3) is 5.57 Å². The Kier molecular flexibility index (Phi) is 11.1. The predicted molar refractivity (Wildman–Crippen MR) is 181 cm³/mol. The smallest absolute Gasteiger partial charge is 0.311 e. The van der Waals surface area contributed by atoms with E-state index in [0.717, 1.165) is 50.5 Å². The van der Waals surface area contributed by atoms with E-state index in [1.807, 2.05) is 47.5 Å². The number of hydrogen-bond donors (Lipinski definition) is 0. The van der Waals surface area contributed by atoms with Crippen molar-refractivity contribution in [2.75, 3.05) is 5.75 Å². The first-order chi connectivity index (χ1) is 22.1. The van der Waals surface area contributed by atoms with E-state index in [0.29, 0.717) is 25.3 Å². The number of ether oxygens (including phenoxy) is 1. The molecule has 0 aliphatic carbocycles. The summed E-state index contributed by atoms with van der Waals surface area (Å²) >= 11 is 1.74. The molecule has 224 valence electrons. The molecule has 0 fully saturated rings. The quantitative estimate of drug-likeness (QED) is 0.0713. The number of aromatic nitrogens is 4. The maximum absolute atomic E-state index is 12.0. The average molecular weight is 611 g/mol. The van der Waals surface area contributed by atoms with E-state index in [4.69, 9.17) is 4.74 Å². The fourth-order valence-electron chi connectivity index (χ4n) is 4.52. The molecule has 0 spiro atoms. The number of imidazole rings is 2. The molecule has 0 saturated carbocycles. The molecule has 2 aromatic heterocycles. The van der Waals surface area contributed by atoms with Crippen molar-refractivity contribution >= 4 is 23.3 Å². The Morgan fingerprint density at radius 3 is 1.91 bits per heavy atom. The van der Waals surface area contributed by atoms with Crippen molar-refractivity contribution < 1.29 is 9.53 Å². The van der Waals surface area contributed by atoms with Gasteiger partial charge in [0.15, 0.2) is 0 Å². The first kappa shape index (κ1) is 31.2. The van der Waals surface area contributed by atoms with Crippen LogP contribution in [-0.4, -0.2) is 30.8 Å². The van der Waals surface area contributed by atoms with Crippen LogP contribution in [0, 0.1) is 30.6 Å². The minimum Gasteiger partial charge on any atom is -0.426 e. The first-order valence-electron chi connectivity index (χ1n) is 14.8. The lowest BCUT2D eigenvalue weighted by Crippen LogP contribution is -2.07. The molecular weight excluding hydrogens is 577 g/mol. The fourth-order valence-corrected chi connectivity index (χ4v) is 5.39. The van der Waals surface area contributed by atoms with E-state index in [-0.39, 0.29) is 5.97 Å². The van der Waals surface area contributed by atoms with E-state index >= 15 is 0 Å². The van der Waals surface area contributed by atoms with Crippen LogP contribution >= 0.6 is 11.8 Å². The van der Waals surface area contributed by atoms with Gasteiger partial charge in [-0.3, -0.25) is 4.79 Å². The summed E-state index contributed by atoms with van der Waals surface area (Å²) in [5, 5.41) is 0. The van der Waals surface area contributed by atoms with Gasteiger partial charge in [-0.05, 0) is 78.1 Å². The molecule has 0 bridgehead atoms. The van der Waals surface area contributed by atoms with Gasteiger partial charge in [0.2, 0.25) is 0 Å². The van der Waals surface area contributed by atoms with Gasteiger partial charge in [-0.25, -0.2) is 9.97 Å². The molecule has 0 amide bonds. The summed E-state index contributed by atoms with van der Waals surface area (Å²) in [5.74, 6) is 14.1. The van der Waals surface area contributed by atoms with Gasteiger partial charge in [0, 0.05) is 53.0 Å². The Hall–Kier alpha value is -5.24. The number of carbonyl (C=O) groups excluding carboxylic acids is 1. The van der Waals surface area contributed by atoms with Gasteiger partial charge in [0.1, 0.15) is 5.75 Å². The highest BCUT2D eigenvalue weighted by Crippen LogP contribution is 2.29. The minimum absolute atomic E-state index is 0.195. The van der Waals surface area contributed by atoms with Gasteiger partial charge in [-0.2, -0.15) is 0 Å². The lowest BCUT2D eigenvalue weighted by molar-refractivity contribution is -0.134. The van der Waals surface area contributed by atoms with Crippen molar-refractivity contribution in [3.63, 3.8) is 0 Å². The van der Waals surface area contributed by atoms with Crippen LogP contribution in [0.5, 0.6) is 5.75 Å². The van der Waals surface area contributed by atoms with Crippen LogP contribution in [0.15, 0.2) is 115 Å². The van der Waals surface area contributed by atoms with Crippen LogP contribution in [0.4, 0.5) is 0 Å². The van der Waals surface area contributed by atoms with Gasteiger partial charge < -0.3 is 13.9 Å². The Bertz CT molecular complexity index is 1750. The molecule has 3 aromatic carbocycles. The third kappa shape index (κ3) is 9.37. The SMILES string of the molecule is CCCC(=O)Oc1ccc(SCC=C(c2ccc(C#CCn3ccnc3)cc2)c2ccc(C#CCn3ccnc3)cc2)cc1C. The van der Waals surface area contributed by atoms with Gasteiger partial charge in [-0.1, -0.05) is 60.9 Å². The van der Waals surface area contributed by atoms with E-state index in [1.54, 1.807) is 36.8 Å². The molecule has 5 aromatic rings. The van der Waals surface area contributed by atoms with Gasteiger partial charge in [0.25, 0.3) is 0 Å². The highest BCUT2D eigenvalue weighted by Gasteiger charge is 2.09. The summed E-state index contributed by atoms with van der Waals surface area (Å²) in [6, 6.07) is 22.7. The summed E-state index contributed by atoms with van der Waals surface area (Å²) < 4.78 is 9.41. The molecule has 0 atom stereocenters. The van der Waals surface area contributed by atoms with E-state index in [1.165, 1.54) is 0 Å². The zero-order chi connectivity index (χ0) is 31.3. The molecule has 7 heteroatoms. The molecule has 0 radical (unpaired) electrons. The van der Waals surface area contributed by atoms with Crippen LogP contribution in [-0.2, 0) is 17.9 Å². The second-order valence-electron chi connectivity index (χ2n) is 10.3. The summed E-state index contributed by atoms with van der Waals surface area (Å²) in [4.78, 5) is 21.2. The Labute approximate surface area is 269 Å². The Morgan fingerprint density at radius 2 is 1.42 bits per heavy atom. The zero-order valence-corrected chi connectivity index (χ0v) is 26.3. The molecule has 5 rings (SSSR count). The van der Waals surface area contributed by atoms with Crippen LogP contribution in [0.3, 0.4) is 0 Å².